The van der Waals surface area contributed by atoms with Crippen LogP contribution in [0.3, 0.4) is 0 Å². The first kappa shape index (κ1) is 76.7. The van der Waals surface area contributed by atoms with E-state index in [0.29, 0.717) is 115 Å². The Morgan fingerprint density at radius 1 is 0.549 bits per heavy atom. The zero-order valence-electron chi connectivity index (χ0n) is 59.4. The maximum absolute atomic E-state index is 14.3. The van der Waals surface area contributed by atoms with Gasteiger partial charge in [-0.15, -0.1) is 0 Å². The molecule has 4 aromatic heterocycles. The standard InChI is InChI=1S/C39H50N7O6.C35H44N7O6.2V/c1-5-25-31(22-47)46-21-33(25)51-35-29(43-28-13-12-24(20-30(28)44-35)50-17-16-42-37-40-14-9-15-41-37)11-8-6-7-10-26-27-18-23(27)19-32(26)52-38(49)45-34(36(46)48)39(2,3)4;1-21-27(20-43)42-19-29(21)47-31-25(10-7-5-6-9-22-17-28(22)48-34(45)41-30(32(42)44)35(2,3)4)39-24-12-11-23(18-26(24)40-31)46-16-15-38-33-36-13-8-14-37-33;;/h9,12-15,20,23,25-27,31-34H,5-8,10-11,16-19,21H2,1-4H3,(H,45,49)(H,40,41,42);8,11-14,18,21-22,27-30H,5-7,9-10,15-17,19H2,1-4H3,(H,41,45)(H,36,37,38);;/q2*-1;;/t23?,25-,26+,27?,31+,32+,33-,34+;21-,22+,27+,28+,29-,30+;;/m00../s1. The second-order valence-corrected chi connectivity index (χ2v) is 29.8. The van der Waals surface area contributed by atoms with Gasteiger partial charge in [-0.2, -0.15) is 0 Å². The largest absolute Gasteiger partial charge is 0.540 e. The molecular weight excluding hydrogens is 1380 g/mol. The summed E-state index contributed by atoms with van der Waals surface area (Å²) in [5.74, 6) is 3.56. The maximum atomic E-state index is 14.3. The Kier molecular flexibility index (Phi) is 25.7. The molecule has 4 N–H and O–H groups in total. The van der Waals surface area contributed by atoms with Crippen LogP contribution in [0.5, 0.6) is 23.3 Å². The summed E-state index contributed by atoms with van der Waals surface area (Å²) in [6, 6.07) is 11.2. The molecule has 14 atom stereocenters. The number of benzene rings is 2. The number of fused-ring (bicyclic) bond motifs is 12. The molecule has 8 heterocycles. The smallest absolute Gasteiger partial charge is 0.408 e. The summed E-state index contributed by atoms with van der Waals surface area (Å²) in [6.45, 7) is 17.2. The zero-order valence-corrected chi connectivity index (χ0v) is 62.2. The molecule has 13 rings (SSSR count). The van der Waals surface area contributed by atoms with E-state index in [-0.39, 0.29) is 86.1 Å². The Labute approximate surface area is 619 Å². The van der Waals surface area contributed by atoms with Crippen LogP contribution in [0.15, 0.2) is 73.3 Å². The first-order valence-electron chi connectivity index (χ1n) is 35.8. The Balaban J connectivity index is 0.000000216. The third kappa shape index (κ3) is 18.7. The molecule has 2 saturated heterocycles. The van der Waals surface area contributed by atoms with Crippen molar-refractivity contribution in [2.75, 3.05) is 50.0 Å². The van der Waals surface area contributed by atoms with E-state index in [0.717, 1.165) is 86.6 Å². The van der Waals surface area contributed by atoms with Crippen molar-refractivity contribution in [1.82, 2.24) is 60.3 Å². The number of aryl methyl sites for hydroxylation is 2. The predicted molar refractivity (Wildman–Crippen MR) is 371 cm³/mol. The van der Waals surface area contributed by atoms with Gasteiger partial charge in [-0.25, -0.2) is 62.0 Å². The van der Waals surface area contributed by atoms with Gasteiger partial charge in [-0.1, -0.05) is 99.6 Å². The molecule has 5 fully saturated rings. The molecule has 28 heteroatoms. The molecule has 6 aromatic rings. The van der Waals surface area contributed by atoms with Gasteiger partial charge < -0.3 is 69.1 Å². The van der Waals surface area contributed by atoms with Gasteiger partial charge in [0.15, 0.2) is 0 Å². The molecule has 2 unspecified atom stereocenters. The van der Waals surface area contributed by atoms with Crippen molar-refractivity contribution in [2.24, 2.45) is 46.3 Å². The number of aromatic nitrogens is 8. The number of carbonyl (C=O) groups excluding carboxylic acids is 6. The van der Waals surface area contributed by atoms with Crippen molar-refractivity contribution in [1.29, 1.82) is 0 Å². The minimum Gasteiger partial charge on any atom is -0.540 e. The van der Waals surface area contributed by atoms with Gasteiger partial charge in [0.25, 0.3) is 0 Å². The summed E-state index contributed by atoms with van der Waals surface area (Å²) in [5.41, 5.74) is 2.89. The number of anilines is 2. The molecule has 102 heavy (non-hydrogen) atoms. The van der Waals surface area contributed by atoms with Crippen LogP contribution in [0.1, 0.15) is 144 Å². The second kappa shape index (κ2) is 34.1. The fraction of sp³-hybridized carbons (Fsp3) is 0.595. The first-order valence-corrected chi connectivity index (χ1v) is 35.8. The Bertz CT molecular complexity index is 3880. The summed E-state index contributed by atoms with van der Waals surface area (Å²) in [6.07, 6.45) is 20.9. The van der Waals surface area contributed by atoms with Gasteiger partial charge in [-0.3, -0.25) is 9.59 Å². The van der Waals surface area contributed by atoms with Gasteiger partial charge >= 0.3 is 12.2 Å². The van der Waals surface area contributed by atoms with Gasteiger partial charge in [0.05, 0.1) is 48.2 Å². The van der Waals surface area contributed by atoms with Gasteiger partial charge in [0.1, 0.15) is 72.6 Å². The summed E-state index contributed by atoms with van der Waals surface area (Å²) in [5, 5.41) is 12.0. The average Bonchev–Trinajstić information content (AvgIpc) is 1.60. The Morgan fingerprint density at radius 3 is 1.54 bits per heavy atom. The van der Waals surface area contributed by atoms with Crippen molar-refractivity contribution in [3.8, 4) is 23.3 Å². The number of hydrogen-bond acceptors (Lipinski definition) is 22. The zero-order chi connectivity index (χ0) is 70.2. The van der Waals surface area contributed by atoms with Crippen LogP contribution in [0, 0.1) is 46.3 Å². The van der Waals surface area contributed by atoms with Crippen LogP contribution in [-0.2, 0) is 78.6 Å². The number of nitrogens with one attached hydrogen (secondary N) is 4. The number of hydrogen-bond donors (Lipinski definition) is 4. The third-order valence-electron chi connectivity index (χ3n) is 20.6. The summed E-state index contributed by atoms with van der Waals surface area (Å²) in [7, 11) is 0. The Hall–Kier alpha value is -7.93. The number of ether oxygens (including phenoxy) is 6. The molecular formula is C74H94N14O12V2-2. The van der Waals surface area contributed by atoms with E-state index >= 15 is 0 Å². The predicted octanol–water partition coefficient (Wildman–Crippen LogP) is 9.54. The number of rotatable bonds is 13. The molecule has 2 aromatic carbocycles. The summed E-state index contributed by atoms with van der Waals surface area (Å²) < 4.78 is 37.0. The maximum Gasteiger partial charge on any atom is 0.408 e. The average molecular weight is 1470 g/mol. The molecule has 3 aliphatic carbocycles. The minimum atomic E-state index is -0.912. The number of nitrogens with zero attached hydrogens (tertiary/aromatic N) is 10. The molecule has 4 aliphatic heterocycles. The topological polar surface area (TPSA) is 316 Å². The van der Waals surface area contributed by atoms with Gasteiger partial charge in [-0.05, 0) is 141 Å². The van der Waals surface area contributed by atoms with Crippen LogP contribution < -0.4 is 40.2 Å². The molecule has 2 radical (unpaired) electrons. The van der Waals surface area contributed by atoms with Crippen LogP contribution >= 0.6 is 0 Å². The van der Waals surface area contributed by atoms with Crippen LogP contribution in [-0.4, -0.2) is 174 Å². The fourth-order valence-electron chi connectivity index (χ4n) is 14.9. The third-order valence-corrected chi connectivity index (χ3v) is 20.6. The molecule has 4 amide bonds. The van der Waals surface area contributed by atoms with Crippen molar-refractivity contribution in [3.05, 3.63) is 84.7 Å². The van der Waals surface area contributed by atoms with E-state index in [1.165, 1.54) is 16.2 Å². The van der Waals surface area contributed by atoms with Crippen LogP contribution in [0.4, 0.5) is 21.5 Å². The second-order valence-electron chi connectivity index (χ2n) is 29.8. The van der Waals surface area contributed by atoms with E-state index < -0.39 is 59.4 Å². The number of amides is 4. The van der Waals surface area contributed by atoms with E-state index in [4.69, 9.17) is 48.4 Å². The van der Waals surface area contributed by atoms with E-state index in [1.807, 2.05) is 91.8 Å². The van der Waals surface area contributed by atoms with Crippen molar-refractivity contribution in [2.45, 2.75) is 194 Å². The number of alkyl carbamates (subject to hydrolysis) is 2. The minimum absolute atomic E-state index is 0. The fourth-order valence-corrected chi connectivity index (χ4v) is 14.9. The van der Waals surface area contributed by atoms with Crippen molar-refractivity contribution >= 4 is 70.5 Å². The molecule has 7 aliphatic rings. The summed E-state index contributed by atoms with van der Waals surface area (Å²) in [4.78, 5) is 119. The van der Waals surface area contributed by atoms with Gasteiger partial charge in [0.2, 0.25) is 35.5 Å². The first-order chi connectivity index (χ1) is 48.2. The number of carbonyl (C=O) groups is 4. The van der Waals surface area contributed by atoms with E-state index in [9.17, 15) is 28.8 Å². The summed E-state index contributed by atoms with van der Waals surface area (Å²) >= 11 is 0. The molecule has 544 valence electrons. The van der Waals surface area contributed by atoms with Crippen molar-refractivity contribution in [3.63, 3.8) is 0 Å². The molecule has 3 saturated carbocycles. The molecule has 4 bridgehead atoms. The normalized spacial score (nSPS) is 27.5. The SMILES string of the molecule is CC[C@@H]1[C@@H]2CN(C(=O)[C@H](C(C)(C)C)NC(=O)O[C@@H]3CC4CC4[C@H]3CCCCCc3nc4ccc(OCCNc5ncccn5)cc4nc3O2)[C@@H]1[C-]=O.C[C@@H]1[C@@H]2CN(C(=O)[C@H](C(C)(C)C)NC(=O)O[C@@H]3C[C@H]3CCCCCc3nc4ccc(OCCNc5ncccn5)cc4nc3O2)[C@@H]1[C-]=O.[V].[V]. The van der Waals surface area contributed by atoms with Crippen LogP contribution in [0.2, 0.25) is 0 Å². The van der Waals surface area contributed by atoms with E-state index in [2.05, 4.69) is 53.8 Å². The molecule has 26 nitrogen and oxygen atoms in total. The molecule has 0 spiro atoms. The van der Waals surface area contributed by atoms with Crippen molar-refractivity contribution < 1.29 is 94.3 Å². The van der Waals surface area contributed by atoms with E-state index in [1.54, 1.807) is 36.9 Å². The van der Waals surface area contributed by atoms with Crippen LogP contribution in [0.25, 0.3) is 22.1 Å². The Morgan fingerprint density at radius 2 is 1.03 bits per heavy atom. The van der Waals surface area contributed by atoms with Gasteiger partial charge in [0, 0.05) is 74.0 Å². The quantitative estimate of drug-likeness (QED) is 0.0617. The monoisotopic (exact) mass is 1470 g/mol.